The van der Waals surface area contributed by atoms with Gasteiger partial charge in [-0.1, -0.05) is 13.8 Å². The quantitative estimate of drug-likeness (QED) is 0.509. The number of carbonyl (C=O) groups is 1. The number of likely N-dealkylation sites (tertiary alicyclic amines) is 1. The minimum absolute atomic E-state index is 0.0673. The molecule has 0 bridgehead atoms. The lowest BCUT2D eigenvalue weighted by atomic mass is 10.1. The molecule has 1 saturated heterocycles. The third-order valence-electron chi connectivity index (χ3n) is 1.85. The van der Waals surface area contributed by atoms with Crippen molar-refractivity contribution < 1.29 is 4.79 Å². The molecule has 1 rings (SSSR count). The van der Waals surface area contributed by atoms with Crippen molar-refractivity contribution in [3.05, 3.63) is 11.4 Å². The molecule has 0 unspecified atom stereocenters. The summed E-state index contributed by atoms with van der Waals surface area (Å²) >= 11 is 0. The van der Waals surface area contributed by atoms with Crippen LogP contribution in [0.2, 0.25) is 0 Å². The van der Waals surface area contributed by atoms with E-state index in [2.05, 4.69) is 4.85 Å². The van der Waals surface area contributed by atoms with Crippen LogP contribution in [-0.4, -0.2) is 29.9 Å². The van der Waals surface area contributed by atoms with Gasteiger partial charge in [0.05, 0.1) is 13.1 Å². The molecule has 1 aliphatic heterocycles. The standard InChI is InChI=1S/C8H12N2O/c1-6(2)8(11)10-4-7(5-10)9-3/h6-7H,4-5H2,1-2H3. The van der Waals surface area contributed by atoms with E-state index < -0.39 is 0 Å². The molecule has 1 aliphatic rings. The van der Waals surface area contributed by atoms with Gasteiger partial charge < -0.3 is 9.74 Å². The summed E-state index contributed by atoms with van der Waals surface area (Å²) in [6, 6.07) is 0.0673. The van der Waals surface area contributed by atoms with Crippen LogP contribution in [0.3, 0.4) is 0 Å². The molecule has 60 valence electrons. The maximum absolute atomic E-state index is 11.2. The summed E-state index contributed by atoms with van der Waals surface area (Å²) < 4.78 is 0. The van der Waals surface area contributed by atoms with Gasteiger partial charge in [-0.3, -0.25) is 4.79 Å². The highest BCUT2D eigenvalue weighted by Crippen LogP contribution is 2.14. The van der Waals surface area contributed by atoms with E-state index in [1.807, 2.05) is 13.8 Å². The molecule has 0 saturated carbocycles. The van der Waals surface area contributed by atoms with E-state index in [9.17, 15) is 4.79 Å². The number of nitrogens with zero attached hydrogens (tertiary/aromatic N) is 2. The van der Waals surface area contributed by atoms with E-state index in [0.29, 0.717) is 13.1 Å². The highest BCUT2D eigenvalue weighted by Gasteiger charge is 2.35. The average Bonchev–Trinajstić information content (AvgIpc) is 1.85. The fourth-order valence-electron chi connectivity index (χ4n) is 1.08. The fraction of sp³-hybridized carbons (Fsp3) is 0.750. The van der Waals surface area contributed by atoms with Crippen LogP contribution >= 0.6 is 0 Å². The Kier molecular flexibility index (Phi) is 2.13. The van der Waals surface area contributed by atoms with Crippen LogP contribution in [0.15, 0.2) is 0 Å². The second kappa shape index (κ2) is 2.91. The molecule has 3 heteroatoms. The van der Waals surface area contributed by atoms with Crippen molar-refractivity contribution in [3.63, 3.8) is 0 Å². The molecule has 0 aromatic carbocycles. The van der Waals surface area contributed by atoms with E-state index >= 15 is 0 Å². The van der Waals surface area contributed by atoms with Crippen LogP contribution in [-0.2, 0) is 4.79 Å². The number of rotatable bonds is 1. The van der Waals surface area contributed by atoms with E-state index in [1.165, 1.54) is 0 Å². The molecule has 1 heterocycles. The van der Waals surface area contributed by atoms with Crippen LogP contribution in [0.5, 0.6) is 0 Å². The molecule has 0 aromatic heterocycles. The maximum atomic E-state index is 11.2. The Hall–Kier alpha value is -1.04. The van der Waals surface area contributed by atoms with Crippen LogP contribution in [0.4, 0.5) is 0 Å². The van der Waals surface area contributed by atoms with Gasteiger partial charge in [0.2, 0.25) is 5.91 Å². The third kappa shape index (κ3) is 1.51. The summed E-state index contributed by atoms with van der Waals surface area (Å²) in [5.41, 5.74) is 0. The normalized spacial score (nSPS) is 17.8. The number of amides is 1. The van der Waals surface area contributed by atoms with Crippen molar-refractivity contribution in [3.8, 4) is 0 Å². The summed E-state index contributed by atoms with van der Waals surface area (Å²) in [6.45, 7) is 11.7. The van der Waals surface area contributed by atoms with Crippen molar-refractivity contribution in [2.45, 2.75) is 19.9 Å². The molecule has 1 amide bonds. The van der Waals surface area contributed by atoms with Crippen molar-refractivity contribution in [2.24, 2.45) is 5.92 Å². The molecule has 3 nitrogen and oxygen atoms in total. The Morgan fingerprint density at radius 2 is 2.18 bits per heavy atom. The highest BCUT2D eigenvalue weighted by atomic mass is 16.2. The molecule has 0 aromatic rings. The molecular formula is C8H12N2O. The first-order valence-electron chi connectivity index (χ1n) is 3.80. The van der Waals surface area contributed by atoms with Crippen LogP contribution in [0, 0.1) is 12.5 Å². The second-order valence-electron chi connectivity index (χ2n) is 3.18. The Morgan fingerprint density at radius 3 is 2.55 bits per heavy atom. The van der Waals surface area contributed by atoms with Crippen molar-refractivity contribution in [2.75, 3.05) is 13.1 Å². The number of carbonyl (C=O) groups excluding carboxylic acids is 1. The van der Waals surface area contributed by atoms with Crippen LogP contribution < -0.4 is 0 Å². The summed E-state index contributed by atoms with van der Waals surface area (Å²) in [5, 5.41) is 0. The summed E-state index contributed by atoms with van der Waals surface area (Å²) in [5.74, 6) is 0.242. The van der Waals surface area contributed by atoms with E-state index in [1.54, 1.807) is 4.90 Å². The van der Waals surface area contributed by atoms with E-state index in [0.717, 1.165) is 0 Å². The molecule has 0 N–H and O–H groups in total. The maximum Gasteiger partial charge on any atom is 0.258 e. The van der Waals surface area contributed by atoms with Crippen molar-refractivity contribution >= 4 is 5.91 Å². The lowest BCUT2D eigenvalue weighted by Crippen LogP contribution is -2.53. The average molecular weight is 152 g/mol. The molecular weight excluding hydrogens is 140 g/mol. The van der Waals surface area contributed by atoms with Gasteiger partial charge in [0.25, 0.3) is 6.04 Å². The van der Waals surface area contributed by atoms with Gasteiger partial charge >= 0.3 is 0 Å². The summed E-state index contributed by atoms with van der Waals surface area (Å²) in [4.78, 5) is 16.3. The van der Waals surface area contributed by atoms with E-state index in [-0.39, 0.29) is 17.9 Å². The highest BCUT2D eigenvalue weighted by molar-refractivity contribution is 5.79. The van der Waals surface area contributed by atoms with E-state index in [4.69, 9.17) is 6.57 Å². The zero-order chi connectivity index (χ0) is 8.43. The first-order chi connectivity index (χ1) is 5.15. The van der Waals surface area contributed by atoms with Crippen molar-refractivity contribution in [1.29, 1.82) is 0 Å². The Labute approximate surface area is 66.8 Å². The predicted octanol–water partition coefficient (Wildman–Crippen LogP) is 0.772. The fourth-order valence-corrected chi connectivity index (χ4v) is 1.08. The molecule has 11 heavy (non-hydrogen) atoms. The van der Waals surface area contributed by atoms with Gasteiger partial charge in [-0.15, -0.1) is 0 Å². The minimum Gasteiger partial charge on any atom is -0.327 e. The van der Waals surface area contributed by atoms with Gasteiger partial charge in [0.15, 0.2) is 0 Å². The predicted molar refractivity (Wildman–Crippen MR) is 41.8 cm³/mol. The summed E-state index contributed by atoms with van der Waals surface area (Å²) in [6.07, 6.45) is 0. The van der Waals surface area contributed by atoms with Gasteiger partial charge in [-0.25, -0.2) is 6.57 Å². The molecule has 0 atom stereocenters. The van der Waals surface area contributed by atoms with Gasteiger partial charge in [0, 0.05) is 5.92 Å². The first-order valence-corrected chi connectivity index (χ1v) is 3.80. The van der Waals surface area contributed by atoms with Crippen molar-refractivity contribution in [1.82, 2.24) is 4.90 Å². The lowest BCUT2D eigenvalue weighted by Gasteiger charge is -2.32. The molecule has 0 radical (unpaired) electrons. The van der Waals surface area contributed by atoms with Crippen LogP contribution in [0.1, 0.15) is 13.8 Å². The molecule has 1 fully saturated rings. The minimum atomic E-state index is 0.0673. The Balaban J connectivity index is 2.34. The topological polar surface area (TPSA) is 24.7 Å². The first kappa shape index (κ1) is 8.06. The lowest BCUT2D eigenvalue weighted by molar-refractivity contribution is -0.138. The largest absolute Gasteiger partial charge is 0.327 e. The third-order valence-corrected chi connectivity index (χ3v) is 1.85. The smallest absolute Gasteiger partial charge is 0.258 e. The zero-order valence-electron chi connectivity index (χ0n) is 6.87. The second-order valence-corrected chi connectivity index (χ2v) is 3.18. The number of hydrogen-bond acceptors (Lipinski definition) is 1. The summed E-state index contributed by atoms with van der Waals surface area (Å²) in [7, 11) is 0. The SMILES string of the molecule is [C-]#[N+]C1CN(C(=O)C(C)C)C1. The Morgan fingerprint density at radius 1 is 1.64 bits per heavy atom. The monoisotopic (exact) mass is 152 g/mol. The van der Waals surface area contributed by atoms with Gasteiger partial charge in [-0.05, 0) is 0 Å². The number of hydrogen-bond donors (Lipinski definition) is 0. The van der Waals surface area contributed by atoms with Crippen LogP contribution in [0.25, 0.3) is 4.85 Å². The molecule has 0 aliphatic carbocycles. The van der Waals surface area contributed by atoms with Gasteiger partial charge in [0.1, 0.15) is 0 Å². The Bertz CT molecular complexity index is 199. The molecule has 0 spiro atoms. The zero-order valence-corrected chi connectivity index (χ0v) is 6.87. The van der Waals surface area contributed by atoms with Gasteiger partial charge in [-0.2, -0.15) is 0 Å².